The van der Waals surface area contributed by atoms with E-state index in [1.165, 1.54) is 17.2 Å². The Morgan fingerprint density at radius 1 is 0.977 bits per heavy atom. The highest BCUT2D eigenvalue weighted by atomic mass is 35.5. The lowest BCUT2D eigenvalue weighted by Gasteiger charge is -2.34. The Morgan fingerprint density at radius 2 is 1.67 bits per heavy atom. The van der Waals surface area contributed by atoms with E-state index < -0.39 is 12.1 Å². The van der Waals surface area contributed by atoms with Gasteiger partial charge >= 0.3 is 6.09 Å². The smallest absolute Gasteiger partial charge is 0.413 e. The minimum absolute atomic E-state index is 0.148. The van der Waals surface area contributed by atoms with Gasteiger partial charge in [0.25, 0.3) is 0 Å². The van der Waals surface area contributed by atoms with E-state index in [1.54, 1.807) is 30.3 Å². The number of amides is 1. The minimum atomic E-state index is -1.18. The molecule has 0 bridgehead atoms. The normalized spacial score (nSPS) is 14.4. The molecule has 3 aromatic carbocycles. The molecule has 10 heteroatoms. The summed E-state index contributed by atoms with van der Waals surface area (Å²) in [5, 5.41) is 14.2. The van der Waals surface area contributed by atoms with Crippen LogP contribution in [0.5, 0.6) is 0 Å². The monoisotopic (exact) mass is 602 g/mol. The lowest BCUT2D eigenvalue weighted by molar-refractivity contribution is 0.200. The molecule has 1 aliphatic rings. The van der Waals surface area contributed by atoms with Crippen LogP contribution in [-0.2, 0) is 0 Å². The van der Waals surface area contributed by atoms with Crippen LogP contribution in [0.4, 0.5) is 32.3 Å². The summed E-state index contributed by atoms with van der Waals surface area (Å²) in [5.41, 5.74) is 6.50. The standard InChI is InChI=1S/C33H36ClFN6O2/c1-20-16-22(3)30(23(4)17-20)31(26-18-24(34)7-6-21(26)2)41(33(42)43)29-10-11-36-32(38-29)37-25-8-9-28(27(35)19-25)40-14-12-39(5)13-15-40/h6-11,16-19,31H,12-15H2,1-5H3,(H,42,43)(H,36,37,38). The van der Waals surface area contributed by atoms with Crippen LogP contribution in [0.3, 0.4) is 0 Å². The third-order valence-corrected chi connectivity index (χ3v) is 8.18. The zero-order chi connectivity index (χ0) is 30.8. The van der Waals surface area contributed by atoms with E-state index >= 15 is 4.39 Å². The van der Waals surface area contributed by atoms with Gasteiger partial charge in [0.2, 0.25) is 5.95 Å². The number of nitrogens with zero attached hydrogens (tertiary/aromatic N) is 5. The van der Waals surface area contributed by atoms with Crippen LogP contribution in [0.25, 0.3) is 0 Å². The molecule has 1 saturated heterocycles. The summed E-state index contributed by atoms with van der Waals surface area (Å²) in [6, 6.07) is 15.3. The molecule has 1 aromatic heterocycles. The van der Waals surface area contributed by atoms with Crippen molar-refractivity contribution in [3.05, 3.63) is 105 Å². The Hall–Kier alpha value is -4.21. The highest BCUT2D eigenvalue weighted by Gasteiger charge is 2.33. The van der Waals surface area contributed by atoms with Crippen molar-refractivity contribution in [1.29, 1.82) is 0 Å². The van der Waals surface area contributed by atoms with E-state index in [9.17, 15) is 9.90 Å². The average Bonchev–Trinajstić information content (AvgIpc) is 2.94. The number of likely N-dealkylation sites (N-methyl/N-ethyl adjacent to an activating group) is 1. The van der Waals surface area contributed by atoms with Crippen LogP contribution < -0.4 is 15.1 Å². The van der Waals surface area contributed by atoms with Crippen LogP contribution in [0, 0.1) is 33.5 Å². The second kappa shape index (κ2) is 12.6. The number of halogens is 2. The fourth-order valence-corrected chi connectivity index (χ4v) is 6.03. The molecule has 0 radical (unpaired) electrons. The molecule has 1 amide bonds. The van der Waals surface area contributed by atoms with Gasteiger partial charge in [-0.3, -0.25) is 0 Å². The molecule has 0 spiro atoms. The van der Waals surface area contributed by atoms with Gasteiger partial charge in [0.05, 0.1) is 11.7 Å². The van der Waals surface area contributed by atoms with Gasteiger partial charge in [-0.05, 0) is 99.0 Å². The van der Waals surface area contributed by atoms with Crippen molar-refractivity contribution < 1.29 is 14.3 Å². The quantitative estimate of drug-likeness (QED) is 0.230. The van der Waals surface area contributed by atoms with Gasteiger partial charge in [-0.15, -0.1) is 0 Å². The van der Waals surface area contributed by atoms with E-state index in [-0.39, 0.29) is 17.6 Å². The number of aromatic nitrogens is 2. The number of hydrogen-bond acceptors (Lipinski definition) is 6. The Balaban J connectivity index is 1.53. The third-order valence-electron chi connectivity index (χ3n) is 7.95. The van der Waals surface area contributed by atoms with Crippen molar-refractivity contribution in [2.24, 2.45) is 0 Å². The SMILES string of the molecule is Cc1cc(C)c(C(c2cc(Cl)ccc2C)N(C(=O)O)c2ccnc(Nc3ccc(N4CCN(C)CC4)c(F)c3)n2)c(C)c1. The van der Waals surface area contributed by atoms with Crippen molar-refractivity contribution in [2.75, 3.05) is 48.3 Å². The van der Waals surface area contributed by atoms with E-state index in [0.29, 0.717) is 16.4 Å². The highest BCUT2D eigenvalue weighted by molar-refractivity contribution is 6.30. The summed E-state index contributed by atoms with van der Waals surface area (Å²) in [4.78, 5) is 27.4. The molecule has 1 fully saturated rings. The Bertz CT molecular complexity index is 1630. The largest absolute Gasteiger partial charge is 0.465 e. The minimum Gasteiger partial charge on any atom is -0.465 e. The number of carbonyl (C=O) groups is 1. The highest BCUT2D eigenvalue weighted by Crippen LogP contribution is 2.39. The molecular formula is C33H36ClFN6O2. The lowest BCUT2D eigenvalue weighted by atomic mass is 9.87. The van der Waals surface area contributed by atoms with Gasteiger partial charge < -0.3 is 20.2 Å². The predicted molar refractivity (Wildman–Crippen MR) is 171 cm³/mol. The topological polar surface area (TPSA) is 84.8 Å². The van der Waals surface area contributed by atoms with Crippen LogP contribution in [0.2, 0.25) is 5.02 Å². The summed E-state index contributed by atoms with van der Waals surface area (Å²) in [5.74, 6) is -0.0302. The van der Waals surface area contributed by atoms with Gasteiger partial charge in [-0.2, -0.15) is 4.98 Å². The van der Waals surface area contributed by atoms with Gasteiger partial charge in [0.15, 0.2) is 0 Å². The van der Waals surface area contributed by atoms with Crippen LogP contribution in [0.1, 0.15) is 39.4 Å². The number of anilines is 4. The molecule has 1 unspecified atom stereocenters. The number of carboxylic acid groups (broad SMARTS) is 1. The van der Waals surface area contributed by atoms with E-state index in [4.69, 9.17) is 11.6 Å². The zero-order valence-electron chi connectivity index (χ0n) is 25.0. The maximum Gasteiger partial charge on any atom is 0.413 e. The molecule has 5 rings (SSSR count). The summed E-state index contributed by atoms with van der Waals surface area (Å²) >= 11 is 6.44. The molecule has 224 valence electrons. The van der Waals surface area contributed by atoms with Crippen molar-refractivity contribution in [3.63, 3.8) is 0 Å². The second-order valence-electron chi connectivity index (χ2n) is 11.2. The van der Waals surface area contributed by atoms with Crippen molar-refractivity contribution in [2.45, 2.75) is 33.7 Å². The number of nitrogens with one attached hydrogen (secondary N) is 1. The summed E-state index contributed by atoms with van der Waals surface area (Å²) in [6.07, 6.45) is 0.308. The zero-order valence-corrected chi connectivity index (χ0v) is 25.8. The summed E-state index contributed by atoms with van der Waals surface area (Å²) < 4.78 is 15.2. The molecular weight excluding hydrogens is 567 g/mol. The summed E-state index contributed by atoms with van der Waals surface area (Å²) in [7, 11) is 2.06. The van der Waals surface area contributed by atoms with Gasteiger partial charge in [-0.1, -0.05) is 35.4 Å². The van der Waals surface area contributed by atoms with Crippen molar-refractivity contribution in [3.8, 4) is 0 Å². The predicted octanol–water partition coefficient (Wildman–Crippen LogP) is 7.27. The van der Waals surface area contributed by atoms with Gasteiger partial charge in [-0.25, -0.2) is 19.1 Å². The fourth-order valence-electron chi connectivity index (χ4n) is 5.85. The number of benzene rings is 3. The lowest BCUT2D eigenvalue weighted by Crippen LogP contribution is -2.44. The second-order valence-corrected chi connectivity index (χ2v) is 11.6. The summed E-state index contributed by atoms with van der Waals surface area (Å²) in [6.45, 7) is 11.2. The first-order chi connectivity index (χ1) is 20.5. The Labute approximate surface area is 256 Å². The van der Waals surface area contributed by atoms with Crippen LogP contribution in [0.15, 0.2) is 60.8 Å². The molecule has 8 nitrogen and oxygen atoms in total. The number of rotatable bonds is 7. The Kier molecular flexibility index (Phi) is 8.84. The van der Waals surface area contributed by atoms with Gasteiger partial charge in [0, 0.05) is 43.1 Å². The molecule has 1 atom stereocenters. The van der Waals surface area contributed by atoms with Crippen LogP contribution in [-0.4, -0.2) is 59.3 Å². The number of aryl methyl sites for hydroxylation is 4. The van der Waals surface area contributed by atoms with Crippen LogP contribution >= 0.6 is 11.6 Å². The van der Waals surface area contributed by atoms with E-state index in [2.05, 4.69) is 27.2 Å². The first-order valence-electron chi connectivity index (χ1n) is 14.2. The Morgan fingerprint density at radius 3 is 2.33 bits per heavy atom. The number of piperazine rings is 1. The molecule has 0 saturated carbocycles. The third kappa shape index (κ3) is 6.58. The van der Waals surface area contributed by atoms with Gasteiger partial charge in [0.1, 0.15) is 11.6 Å². The molecule has 4 aromatic rings. The van der Waals surface area contributed by atoms with E-state index in [0.717, 1.165) is 59.6 Å². The molecule has 43 heavy (non-hydrogen) atoms. The molecule has 1 aliphatic heterocycles. The molecule has 2 N–H and O–H groups in total. The number of hydrogen-bond donors (Lipinski definition) is 2. The van der Waals surface area contributed by atoms with Crippen molar-refractivity contribution >= 4 is 40.8 Å². The van der Waals surface area contributed by atoms with E-state index in [1.807, 2.05) is 50.8 Å². The first kappa shape index (κ1) is 30.3. The first-order valence-corrected chi connectivity index (χ1v) is 14.6. The van der Waals surface area contributed by atoms with Crippen molar-refractivity contribution in [1.82, 2.24) is 14.9 Å². The fraction of sp³-hybridized carbons (Fsp3) is 0.303. The average molecular weight is 603 g/mol. The molecule has 0 aliphatic carbocycles. The molecule has 2 heterocycles. The maximum absolute atomic E-state index is 15.2. The maximum atomic E-state index is 15.2.